The molecule has 0 aliphatic carbocycles. The Morgan fingerprint density at radius 3 is 2.46 bits per heavy atom. The summed E-state index contributed by atoms with van der Waals surface area (Å²) in [7, 11) is 3.85. The Morgan fingerprint density at radius 2 is 1.78 bits per heavy atom. The van der Waals surface area contributed by atoms with Crippen LogP contribution in [-0.4, -0.2) is 68.4 Å². The normalized spacial score (nSPS) is 19.3. The zero-order valence-electron chi connectivity index (χ0n) is 23.2. The summed E-state index contributed by atoms with van der Waals surface area (Å²) in [6.07, 6.45) is 6.33. The lowest BCUT2D eigenvalue weighted by atomic mass is 10.0. The van der Waals surface area contributed by atoms with Crippen LogP contribution in [0.15, 0.2) is 60.7 Å². The molecule has 1 aliphatic heterocycles. The number of benzene rings is 2. The van der Waals surface area contributed by atoms with E-state index >= 15 is 0 Å². The maximum Gasteiger partial charge on any atom is 0.317 e. The fourth-order valence-electron chi connectivity index (χ4n) is 4.80. The van der Waals surface area contributed by atoms with Crippen LogP contribution >= 0.6 is 0 Å². The number of urea groups is 1. The highest BCUT2D eigenvalue weighted by Gasteiger charge is 2.32. The molecular formula is C31H45N3O3. The van der Waals surface area contributed by atoms with E-state index in [1.165, 1.54) is 5.56 Å². The predicted molar refractivity (Wildman–Crippen MR) is 152 cm³/mol. The van der Waals surface area contributed by atoms with Crippen LogP contribution in [0.5, 0.6) is 5.75 Å². The quantitative estimate of drug-likeness (QED) is 0.424. The molecule has 1 heterocycles. The maximum atomic E-state index is 13.0. The van der Waals surface area contributed by atoms with Crippen molar-refractivity contribution in [3.63, 3.8) is 0 Å². The number of hydrogen-bond donors (Lipinski definition) is 1. The molecule has 1 N–H and O–H groups in total. The lowest BCUT2D eigenvalue weighted by molar-refractivity contribution is -0.0219. The van der Waals surface area contributed by atoms with E-state index in [0.717, 1.165) is 43.9 Å². The molecule has 2 aromatic rings. The van der Waals surface area contributed by atoms with E-state index < -0.39 is 0 Å². The second kappa shape index (κ2) is 14.8. The monoisotopic (exact) mass is 507 g/mol. The summed E-state index contributed by atoms with van der Waals surface area (Å²) in [5, 5.41) is 3.09. The minimum absolute atomic E-state index is 0.0131. The zero-order valence-corrected chi connectivity index (χ0v) is 23.2. The first-order chi connectivity index (χ1) is 17.9. The molecule has 37 heavy (non-hydrogen) atoms. The third kappa shape index (κ3) is 9.52. The Hall–Kier alpha value is -2.83. The summed E-state index contributed by atoms with van der Waals surface area (Å²) in [5.74, 6) is 1.70. The van der Waals surface area contributed by atoms with Crippen molar-refractivity contribution in [1.82, 2.24) is 15.1 Å². The van der Waals surface area contributed by atoms with Crippen molar-refractivity contribution >= 4 is 12.1 Å². The van der Waals surface area contributed by atoms with E-state index in [4.69, 9.17) is 9.47 Å². The zero-order chi connectivity index (χ0) is 26.6. The number of carbonyl (C=O) groups is 1. The third-order valence-electron chi connectivity index (χ3n) is 6.90. The lowest BCUT2D eigenvalue weighted by Gasteiger charge is -2.34. The van der Waals surface area contributed by atoms with Gasteiger partial charge in [0.25, 0.3) is 0 Å². The molecule has 1 aliphatic rings. The number of nitrogens with zero attached hydrogens (tertiary/aromatic N) is 2. The van der Waals surface area contributed by atoms with E-state index in [0.29, 0.717) is 24.9 Å². The summed E-state index contributed by atoms with van der Waals surface area (Å²) in [5.41, 5.74) is 2.28. The van der Waals surface area contributed by atoms with Crippen molar-refractivity contribution in [2.75, 3.05) is 40.4 Å². The van der Waals surface area contributed by atoms with Gasteiger partial charge in [-0.25, -0.2) is 4.79 Å². The van der Waals surface area contributed by atoms with Gasteiger partial charge >= 0.3 is 6.03 Å². The van der Waals surface area contributed by atoms with Crippen molar-refractivity contribution in [3.05, 3.63) is 71.8 Å². The Kier molecular flexibility index (Phi) is 11.5. The van der Waals surface area contributed by atoms with Gasteiger partial charge in [-0.1, -0.05) is 75.4 Å². The molecule has 6 nitrogen and oxygen atoms in total. The Bertz CT molecular complexity index is 961. The molecular weight excluding hydrogens is 462 g/mol. The fraction of sp³-hybridized carbons (Fsp3) is 0.516. The van der Waals surface area contributed by atoms with E-state index in [1.807, 2.05) is 35.2 Å². The second-order valence-corrected chi connectivity index (χ2v) is 10.6. The minimum atomic E-state index is -0.0131. The highest BCUT2D eigenvalue weighted by atomic mass is 16.5. The van der Waals surface area contributed by atoms with Crippen LogP contribution in [0.4, 0.5) is 4.79 Å². The van der Waals surface area contributed by atoms with Crippen molar-refractivity contribution < 1.29 is 14.3 Å². The average molecular weight is 508 g/mol. The molecule has 3 rings (SSSR count). The Labute approximate surface area is 223 Å². The number of ether oxygens (including phenoxy) is 2. The maximum absolute atomic E-state index is 13.0. The minimum Gasteiger partial charge on any atom is -0.497 e. The largest absolute Gasteiger partial charge is 0.497 e. The number of amides is 2. The summed E-state index contributed by atoms with van der Waals surface area (Å²) >= 11 is 0. The van der Waals surface area contributed by atoms with Crippen LogP contribution in [0.1, 0.15) is 44.7 Å². The SMILES string of the molecule is COc1ccc(CNC(=O)N2CC[C@@H](N(C)C[C@H](C)/C=C/c3ccccc3)[C@H](OCC(C)C)CC2)cc1. The number of carbonyl (C=O) groups excluding carboxylic acids is 1. The summed E-state index contributed by atoms with van der Waals surface area (Å²) in [6.45, 7) is 10.2. The molecule has 202 valence electrons. The summed E-state index contributed by atoms with van der Waals surface area (Å²) < 4.78 is 11.6. The van der Waals surface area contributed by atoms with E-state index in [2.05, 4.69) is 74.5 Å². The lowest BCUT2D eigenvalue weighted by Crippen LogP contribution is -2.44. The molecule has 2 amide bonds. The van der Waals surface area contributed by atoms with Gasteiger partial charge in [0, 0.05) is 38.8 Å². The van der Waals surface area contributed by atoms with Crippen LogP contribution in [0, 0.1) is 11.8 Å². The van der Waals surface area contributed by atoms with E-state index in [9.17, 15) is 4.79 Å². The average Bonchev–Trinajstić information content (AvgIpc) is 3.13. The number of nitrogens with one attached hydrogen (secondary N) is 1. The first-order valence-electron chi connectivity index (χ1n) is 13.6. The summed E-state index contributed by atoms with van der Waals surface area (Å²) in [6, 6.07) is 18.5. The van der Waals surface area contributed by atoms with Gasteiger partial charge in [0.15, 0.2) is 0 Å². The topological polar surface area (TPSA) is 54.0 Å². The molecule has 6 heteroatoms. The standard InChI is InChI=1S/C31H45N3O3/c1-24(2)23-37-30-18-20-34(31(35)32-21-27-13-15-28(36-5)16-14-27)19-17-29(30)33(4)22-25(3)11-12-26-9-7-6-8-10-26/h6-16,24-25,29-30H,17-23H2,1-5H3,(H,32,35)/b12-11+/t25-,29-,30-/m1/s1. The van der Waals surface area contributed by atoms with Gasteiger partial charge in [-0.15, -0.1) is 0 Å². The number of hydrogen-bond acceptors (Lipinski definition) is 4. The highest BCUT2D eigenvalue weighted by molar-refractivity contribution is 5.74. The van der Waals surface area contributed by atoms with Gasteiger partial charge in [0.1, 0.15) is 5.75 Å². The van der Waals surface area contributed by atoms with Gasteiger partial charge in [0.05, 0.1) is 13.2 Å². The molecule has 0 unspecified atom stereocenters. The molecule has 1 fully saturated rings. The van der Waals surface area contributed by atoms with Crippen molar-refractivity contribution in [2.24, 2.45) is 11.8 Å². The van der Waals surface area contributed by atoms with E-state index in [-0.39, 0.29) is 18.2 Å². The van der Waals surface area contributed by atoms with Crippen molar-refractivity contribution in [3.8, 4) is 5.75 Å². The first-order valence-corrected chi connectivity index (χ1v) is 13.6. The number of likely N-dealkylation sites (tertiary alicyclic amines) is 1. The van der Waals surface area contributed by atoms with Gasteiger partial charge < -0.3 is 24.6 Å². The number of rotatable bonds is 11. The number of methoxy groups -OCH3 is 1. The van der Waals surface area contributed by atoms with Gasteiger partial charge in [-0.3, -0.25) is 0 Å². The first kappa shape index (κ1) is 28.7. The molecule has 0 aromatic heterocycles. The second-order valence-electron chi connectivity index (χ2n) is 10.6. The summed E-state index contributed by atoms with van der Waals surface area (Å²) in [4.78, 5) is 17.4. The molecule has 2 aromatic carbocycles. The van der Waals surface area contributed by atoms with Crippen LogP contribution in [0.3, 0.4) is 0 Å². The number of likely N-dealkylation sites (N-methyl/N-ethyl adjacent to an activating group) is 1. The third-order valence-corrected chi connectivity index (χ3v) is 6.90. The van der Waals surface area contributed by atoms with Crippen molar-refractivity contribution in [2.45, 2.75) is 52.3 Å². The Morgan fingerprint density at radius 1 is 1.08 bits per heavy atom. The molecule has 3 atom stereocenters. The van der Waals surface area contributed by atoms with Crippen LogP contribution in [0.2, 0.25) is 0 Å². The molecule has 1 saturated heterocycles. The van der Waals surface area contributed by atoms with E-state index in [1.54, 1.807) is 7.11 Å². The van der Waals surface area contributed by atoms with Crippen LogP contribution < -0.4 is 10.1 Å². The van der Waals surface area contributed by atoms with Gasteiger partial charge in [0.2, 0.25) is 0 Å². The van der Waals surface area contributed by atoms with Gasteiger partial charge in [-0.05, 0) is 55.0 Å². The van der Waals surface area contributed by atoms with Crippen LogP contribution in [0.25, 0.3) is 6.08 Å². The molecule has 0 spiro atoms. The van der Waals surface area contributed by atoms with Gasteiger partial charge in [-0.2, -0.15) is 0 Å². The smallest absolute Gasteiger partial charge is 0.317 e. The fourth-order valence-corrected chi connectivity index (χ4v) is 4.80. The Balaban J connectivity index is 1.58. The molecule has 0 bridgehead atoms. The predicted octanol–water partition coefficient (Wildman–Crippen LogP) is 5.69. The van der Waals surface area contributed by atoms with Crippen LogP contribution in [-0.2, 0) is 11.3 Å². The molecule has 0 saturated carbocycles. The molecule has 0 radical (unpaired) electrons. The highest BCUT2D eigenvalue weighted by Crippen LogP contribution is 2.22. The van der Waals surface area contributed by atoms with Crippen molar-refractivity contribution in [1.29, 1.82) is 0 Å².